The monoisotopic (exact) mass is 461 g/mol. The van der Waals surface area contributed by atoms with E-state index in [4.69, 9.17) is 11.6 Å². The molecule has 0 aliphatic rings. The van der Waals surface area contributed by atoms with E-state index in [9.17, 15) is 13.2 Å². The molecule has 2 rings (SSSR count). The molecule has 0 amide bonds. The van der Waals surface area contributed by atoms with Crippen LogP contribution in [0.1, 0.15) is 22.0 Å². The summed E-state index contributed by atoms with van der Waals surface area (Å²) >= 11 is 13.6. The first-order valence-corrected chi connectivity index (χ1v) is 8.50. The fourth-order valence-electron chi connectivity index (χ4n) is 1.92. The van der Waals surface area contributed by atoms with E-state index in [1.54, 1.807) is 19.2 Å². The Morgan fingerprint density at radius 1 is 1.24 bits per heavy atom. The molecule has 0 radical (unpaired) electrons. The third-order valence-electron chi connectivity index (χ3n) is 2.87. The van der Waals surface area contributed by atoms with Gasteiger partial charge in [-0.3, -0.25) is 0 Å². The number of hydrogen-bond acceptors (Lipinski definition) is 2. The van der Waals surface area contributed by atoms with Crippen LogP contribution < -0.4 is 5.32 Å². The van der Waals surface area contributed by atoms with E-state index in [0.29, 0.717) is 10.6 Å². The number of hydrogen-bond donors (Lipinski definition) is 1. The molecule has 0 bridgehead atoms. The highest BCUT2D eigenvalue weighted by molar-refractivity contribution is 9.11. The average molecular weight is 464 g/mol. The van der Waals surface area contributed by atoms with Crippen molar-refractivity contribution in [2.45, 2.75) is 12.2 Å². The van der Waals surface area contributed by atoms with E-state index in [-0.39, 0.29) is 10.5 Å². The van der Waals surface area contributed by atoms with Crippen LogP contribution in [0.4, 0.5) is 13.2 Å². The second-order valence-electron chi connectivity index (χ2n) is 4.23. The minimum absolute atomic E-state index is 0.0268. The zero-order chi connectivity index (χ0) is 15.8. The van der Waals surface area contributed by atoms with Gasteiger partial charge in [0.25, 0.3) is 0 Å². The van der Waals surface area contributed by atoms with E-state index in [1.165, 1.54) is 17.4 Å². The van der Waals surface area contributed by atoms with Gasteiger partial charge in [-0.15, -0.1) is 11.3 Å². The van der Waals surface area contributed by atoms with Crippen LogP contribution >= 0.6 is 54.8 Å². The lowest BCUT2D eigenvalue weighted by molar-refractivity contribution is -0.138. The summed E-state index contributed by atoms with van der Waals surface area (Å²) in [7, 11) is 1.70. The molecule has 0 saturated carbocycles. The number of nitrogens with one attached hydrogen (secondary N) is 1. The van der Waals surface area contributed by atoms with E-state index in [2.05, 4.69) is 37.2 Å². The first kappa shape index (κ1) is 17.3. The van der Waals surface area contributed by atoms with Crippen LogP contribution in [0, 0.1) is 0 Å². The zero-order valence-corrected chi connectivity index (χ0v) is 15.3. The van der Waals surface area contributed by atoms with Gasteiger partial charge in [-0.2, -0.15) is 13.2 Å². The highest BCUT2D eigenvalue weighted by Crippen LogP contribution is 2.40. The van der Waals surface area contributed by atoms with Crippen LogP contribution in [0.5, 0.6) is 0 Å². The van der Waals surface area contributed by atoms with Crippen LogP contribution in [-0.4, -0.2) is 7.05 Å². The van der Waals surface area contributed by atoms with Crippen LogP contribution in [0.3, 0.4) is 0 Å². The molecule has 8 heteroatoms. The largest absolute Gasteiger partial charge is 0.417 e. The molecular weight excluding hydrogens is 454 g/mol. The number of halogens is 6. The number of rotatable bonds is 3. The lowest BCUT2D eigenvalue weighted by Gasteiger charge is -2.18. The maximum absolute atomic E-state index is 13.0. The van der Waals surface area contributed by atoms with Gasteiger partial charge < -0.3 is 5.32 Å². The van der Waals surface area contributed by atoms with Crippen LogP contribution in [0.25, 0.3) is 0 Å². The number of benzene rings is 1. The summed E-state index contributed by atoms with van der Waals surface area (Å²) in [5, 5.41) is 3.57. The summed E-state index contributed by atoms with van der Waals surface area (Å²) < 4.78 is 39.8. The van der Waals surface area contributed by atoms with Crippen molar-refractivity contribution in [1.82, 2.24) is 5.32 Å². The molecule has 2 aromatic rings. The number of thiophene rings is 1. The topological polar surface area (TPSA) is 12.0 Å². The maximum Gasteiger partial charge on any atom is 0.417 e. The fourth-order valence-corrected chi connectivity index (χ4v) is 4.27. The molecule has 1 heterocycles. The average Bonchev–Trinajstić information content (AvgIpc) is 2.71. The van der Waals surface area contributed by atoms with E-state index in [0.717, 1.165) is 14.7 Å². The smallest absolute Gasteiger partial charge is 0.309 e. The van der Waals surface area contributed by atoms with Crippen molar-refractivity contribution in [3.8, 4) is 0 Å². The van der Waals surface area contributed by atoms with Crippen molar-refractivity contribution in [2.75, 3.05) is 7.05 Å². The summed E-state index contributed by atoms with van der Waals surface area (Å²) in [6, 6.07) is 5.60. The Morgan fingerprint density at radius 3 is 2.38 bits per heavy atom. The molecule has 1 unspecified atom stereocenters. The predicted molar refractivity (Wildman–Crippen MR) is 87.1 cm³/mol. The molecule has 114 valence electrons. The first-order chi connectivity index (χ1) is 9.74. The molecule has 0 saturated heterocycles. The second-order valence-corrected chi connectivity index (χ2v) is 7.89. The maximum atomic E-state index is 13.0. The Hall–Kier alpha value is -0.0800. The standard InChI is InChI=1S/C13H9Br2ClF3NS/c1-20-11(10-5-9(16)12(15)21-10)6-2-3-8(14)7(4-6)13(17,18)19/h2-5,11,20H,1H3. The van der Waals surface area contributed by atoms with Gasteiger partial charge in [-0.1, -0.05) is 33.6 Å². The van der Waals surface area contributed by atoms with Crippen LogP contribution in [0.15, 0.2) is 32.5 Å². The zero-order valence-electron chi connectivity index (χ0n) is 10.6. The third kappa shape index (κ3) is 3.82. The molecular formula is C13H9Br2ClF3NS. The quantitative estimate of drug-likeness (QED) is 0.567. The summed E-state index contributed by atoms with van der Waals surface area (Å²) in [5.41, 5.74) is -0.166. The molecule has 0 aliphatic heterocycles. The molecule has 0 spiro atoms. The first-order valence-electron chi connectivity index (χ1n) is 5.72. The van der Waals surface area contributed by atoms with Gasteiger partial charge in [-0.05, 0) is 46.7 Å². The van der Waals surface area contributed by atoms with Crippen molar-refractivity contribution in [3.63, 3.8) is 0 Å². The van der Waals surface area contributed by atoms with Crippen molar-refractivity contribution < 1.29 is 13.2 Å². The summed E-state index contributed by atoms with van der Waals surface area (Å²) in [4.78, 5) is 0.838. The normalized spacial score (nSPS) is 13.5. The molecule has 21 heavy (non-hydrogen) atoms. The fraction of sp³-hybridized carbons (Fsp3) is 0.231. The van der Waals surface area contributed by atoms with Gasteiger partial charge in [0.15, 0.2) is 0 Å². The SMILES string of the molecule is CNC(c1ccc(Br)c(C(F)(F)F)c1)c1cc(Cl)c(Br)s1. The van der Waals surface area contributed by atoms with Crippen LogP contribution in [-0.2, 0) is 6.18 Å². The van der Waals surface area contributed by atoms with Gasteiger partial charge in [0.05, 0.1) is 20.4 Å². The Bertz CT molecular complexity index is 638. The Balaban J connectivity index is 2.48. The molecule has 1 N–H and O–H groups in total. The number of alkyl halides is 3. The lowest BCUT2D eigenvalue weighted by atomic mass is 10.0. The highest BCUT2D eigenvalue weighted by Gasteiger charge is 2.33. The second kappa shape index (κ2) is 6.58. The van der Waals surface area contributed by atoms with Gasteiger partial charge in [0, 0.05) is 9.35 Å². The van der Waals surface area contributed by atoms with Gasteiger partial charge in [-0.25, -0.2) is 0 Å². The highest BCUT2D eigenvalue weighted by atomic mass is 79.9. The lowest BCUT2D eigenvalue weighted by Crippen LogP contribution is -2.17. The van der Waals surface area contributed by atoms with Crippen LogP contribution in [0.2, 0.25) is 5.02 Å². The van der Waals surface area contributed by atoms with Gasteiger partial charge in [0.1, 0.15) is 0 Å². The molecule has 1 atom stereocenters. The molecule has 0 aliphatic carbocycles. The van der Waals surface area contributed by atoms with E-state index < -0.39 is 11.7 Å². The predicted octanol–water partition coefficient (Wildman–Crippen LogP) is 6.25. The van der Waals surface area contributed by atoms with E-state index in [1.807, 2.05) is 0 Å². The molecule has 1 nitrogen and oxygen atoms in total. The summed E-state index contributed by atoms with van der Waals surface area (Å²) in [5.74, 6) is 0. The van der Waals surface area contributed by atoms with Crippen molar-refractivity contribution in [1.29, 1.82) is 0 Å². The summed E-state index contributed by atoms with van der Waals surface area (Å²) in [6.07, 6.45) is -4.40. The van der Waals surface area contributed by atoms with Gasteiger partial charge in [0.2, 0.25) is 0 Å². The molecule has 1 aromatic heterocycles. The Kier molecular flexibility index (Phi) is 5.41. The van der Waals surface area contributed by atoms with Crippen molar-refractivity contribution in [2.24, 2.45) is 0 Å². The minimum atomic E-state index is -4.40. The van der Waals surface area contributed by atoms with Crippen molar-refractivity contribution >= 4 is 54.8 Å². The van der Waals surface area contributed by atoms with Crippen molar-refractivity contribution in [3.05, 3.63) is 53.6 Å². The third-order valence-corrected chi connectivity index (χ3v) is 6.10. The Labute approximate surface area is 145 Å². The van der Waals surface area contributed by atoms with E-state index >= 15 is 0 Å². The summed E-state index contributed by atoms with van der Waals surface area (Å²) in [6.45, 7) is 0. The Morgan fingerprint density at radius 2 is 1.90 bits per heavy atom. The molecule has 1 aromatic carbocycles. The minimum Gasteiger partial charge on any atom is -0.309 e. The van der Waals surface area contributed by atoms with Gasteiger partial charge >= 0.3 is 6.18 Å². The molecule has 0 fully saturated rings.